The van der Waals surface area contributed by atoms with Gasteiger partial charge in [-0.2, -0.15) is 0 Å². The molecule has 0 heterocycles. The first-order chi connectivity index (χ1) is 8.67. The zero-order chi connectivity index (χ0) is 13.4. The number of unbranched alkanes of at least 4 members (excludes halogenated alkanes) is 1. The molecule has 0 spiro atoms. The number of aliphatic hydroxyl groups excluding tert-OH is 1. The van der Waals surface area contributed by atoms with Crippen LogP contribution in [0, 0.1) is 0 Å². The second-order valence-electron chi connectivity index (χ2n) is 4.22. The summed E-state index contributed by atoms with van der Waals surface area (Å²) < 4.78 is 0. The highest BCUT2D eigenvalue weighted by molar-refractivity contribution is 6.30. The fourth-order valence-corrected chi connectivity index (χ4v) is 1.99. The van der Waals surface area contributed by atoms with E-state index < -0.39 is 0 Å². The van der Waals surface area contributed by atoms with Crippen molar-refractivity contribution in [3.05, 3.63) is 34.9 Å². The summed E-state index contributed by atoms with van der Waals surface area (Å²) in [5.41, 5.74) is 1.04. The molecule has 18 heavy (non-hydrogen) atoms. The van der Waals surface area contributed by atoms with Crippen molar-refractivity contribution >= 4 is 17.5 Å². The summed E-state index contributed by atoms with van der Waals surface area (Å²) >= 11 is 5.92. The average Bonchev–Trinajstić information content (AvgIpc) is 2.36. The molecule has 0 saturated carbocycles. The molecule has 0 unspecified atom stereocenters. The third-order valence-electron chi connectivity index (χ3n) is 2.80. The number of carbonyl (C=O) groups excluding carboxylic acids is 1. The van der Waals surface area contributed by atoms with Gasteiger partial charge in [0.1, 0.15) is 0 Å². The molecule has 1 aromatic carbocycles. The van der Waals surface area contributed by atoms with Crippen LogP contribution in [0.3, 0.4) is 0 Å². The maximum absolute atomic E-state index is 11.9. The normalized spacial score (nSPS) is 10.4. The van der Waals surface area contributed by atoms with Crippen molar-refractivity contribution in [3.63, 3.8) is 0 Å². The van der Waals surface area contributed by atoms with Crippen LogP contribution in [0.2, 0.25) is 5.02 Å². The zero-order valence-corrected chi connectivity index (χ0v) is 11.5. The standard InChI is InChI=1S/C14H20ClNO2/c1-2-16(14(18)8-3-4-9-17)11-12-6-5-7-13(15)10-12/h5-7,10,17H,2-4,8-9,11H2,1H3. The van der Waals surface area contributed by atoms with Gasteiger partial charge in [-0.25, -0.2) is 0 Å². The Morgan fingerprint density at radius 2 is 2.17 bits per heavy atom. The van der Waals surface area contributed by atoms with E-state index in [2.05, 4.69) is 0 Å². The predicted octanol–water partition coefficient (Wildman–Crippen LogP) is 2.85. The topological polar surface area (TPSA) is 40.5 Å². The van der Waals surface area contributed by atoms with E-state index in [1.807, 2.05) is 36.1 Å². The number of hydrogen-bond acceptors (Lipinski definition) is 2. The van der Waals surface area contributed by atoms with Gasteiger partial charge in [-0.3, -0.25) is 4.79 Å². The minimum Gasteiger partial charge on any atom is -0.396 e. The molecule has 0 aliphatic carbocycles. The SMILES string of the molecule is CCN(Cc1cccc(Cl)c1)C(=O)CCCCO. The lowest BCUT2D eigenvalue weighted by atomic mass is 10.2. The van der Waals surface area contributed by atoms with Crippen LogP contribution in [0.5, 0.6) is 0 Å². The van der Waals surface area contributed by atoms with Gasteiger partial charge in [-0.1, -0.05) is 23.7 Å². The minimum atomic E-state index is 0.130. The van der Waals surface area contributed by atoms with Gasteiger partial charge in [0.05, 0.1) is 0 Å². The highest BCUT2D eigenvalue weighted by Gasteiger charge is 2.11. The lowest BCUT2D eigenvalue weighted by molar-refractivity contribution is -0.131. The summed E-state index contributed by atoms with van der Waals surface area (Å²) in [6.45, 7) is 3.39. The number of hydrogen-bond donors (Lipinski definition) is 1. The van der Waals surface area contributed by atoms with E-state index in [1.54, 1.807) is 0 Å². The first-order valence-electron chi connectivity index (χ1n) is 6.30. The van der Waals surface area contributed by atoms with Crippen LogP contribution >= 0.6 is 11.6 Å². The van der Waals surface area contributed by atoms with Crippen molar-refractivity contribution in [2.24, 2.45) is 0 Å². The molecule has 0 aliphatic heterocycles. The maximum atomic E-state index is 11.9. The Balaban J connectivity index is 2.53. The van der Waals surface area contributed by atoms with Crippen LogP contribution in [-0.4, -0.2) is 29.1 Å². The number of benzene rings is 1. The number of nitrogens with zero attached hydrogens (tertiary/aromatic N) is 1. The molecule has 1 amide bonds. The fraction of sp³-hybridized carbons (Fsp3) is 0.500. The number of amides is 1. The molecular formula is C14H20ClNO2. The summed E-state index contributed by atoms with van der Waals surface area (Å²) in [4.78, 5) is 13.8. The largest absolute Gasteiger partial charge is 0.396 e. The van der Waals surface area contributed by atoms with Gasteiger partial charge >= 0.3 is 0 Å². The smallest absolute Gasteiger partial charge is 0.222 e. The van der Waals surface area contributed by atoms with Gasteiger partial charge in [0.25, 0.3) is 0 Å². The van der Waals surface area contributed by atoms with E-state index in [0.29, 0.717) is 31.0 Å². The van der Waals surface area contributed by atoms with Gasteiger partial charge in [0.2, 0.25) is 5.91 Å². The zero-order valence-electron chi connectivity index (χ0n) is 10.7. The Morgan fingerprint density at radius 1 is 1.39 bits per heavy atom. The van der Waals surface area contributed by atoms with Crippen molar-refractivity contribution in [1.82, 2.24) is 4.90 Å². The summed E-state index contributed by atoms with van der Waals surface area (Å²) in [5.74, 6) is 0.130. The van der Waals surface area contributed by atoms with E-state index in [0.717, 1.165) is 12.0 Å². The Kier molecular flexibility index (Phi) is 6.76. The van der Waals surface area contributed by atoms with Crippen molar-refractivity contribution in [2.75, 3.05) is 13.2 Å². The van der Waals surface area contributed by atoms with E-state index >= 15 is 0 Å². The molecule has 0 aromatic heterocycles. The molecule has 4 heteroatoms. The molecule has 100 valence electrons. The molecule has 0 fully saturated rings. The molecule has 0 radical (unpaired) electrons. The molecule has 1 aromatic rings. The van der Waals surface area contributed by atoms with E-state index in [9.17, 15) is 4.79 Å². The molecule has 0 atom stereocenters. The molecule has 1 rings (SSSR count). The van der Waals surface area contributed by atoms with Gasteiger partial charge in [-0.15, -0.1) is 0 Å². The Bertz CT molecular complexity index is 382. The Labute approximate surface area is 113 Å². The number of carbonyl (C=O) groups is 1. The van der Waals surface area contributed by atoms with Crippen molar-refractivity contribution < 1.29 is 9.90 Å². The second-order valence-corrected chi connectivity index (χ2v) is 4.65. The minimum absolute atomic E-state index is 0.130. The van der Waals surface area contributed by atoms with Crippen molar-refractivity contribution in [1.29, 1.82) is 0 Å². The average molecular weight is 270 g/mol. The summed E-state index contributed by atoms with van der Waals surface area (Å²) in [5, 5.41) is 9.39. The lowest BCUT2D eigenvalue weighted by Gasteiger charge is -2.21. The number of halogens is 1. The monoisotopic (exact) mass is 269 g/mol. The quantitative estimate of drug-likeness (QED) is 0.774. The Morgan fingerprint density at radius 3 is 2.78 bits per heavy atom. The third-order valence-corrected chi connectivity index (χ3v) is 3.03. The molecular weight excluding hydrogens is 250 g/mol. The molecule has 0 saturated heterocycles. The van der Waals surface area contributed by atoms with E-state index in [-0.39, 0.29) is 12.5 Å². The molecule has 0 aliphatic rings. The summed E-state index contributed by atoms with van der Waals surface area (Å²) in [7, 11) is 0. The molecule has 3 nitrogen and oxygen atoms in total. The number of aliphatic hydroxyl groups is 1. The number of rotatable bonds is 7. The van der Waals surface area contributed by atoms with Gasteiger partial charge in [0.15, 0.2) is 0 Å². The third kappa shape index (κ3) is 5.07. The first-order valence-corrected chi connectivity index (χ1v) is 6.68. The highest BCUT2D eigenvalue weighted by Crippen LogP contribution is 2.13. The van der Waals surface area contributed by atoms with Crippen LogP contribution in [0.25, 0.3) is 0 Å². The Hall–Kier alpha value is -1.06. The molecule has 0 bridgehead atoms. The highest BCUT2D eigenvalue weighted by atomic mass is 35.5. The molecule has 1 N–H and O–H groups in total. The van der Waals surface area contributed by atoms with Gasteiger partial charge in [-0.05, 0) is 37.5 Å². The van der Waals surface area contributed by atoms with Crippen LogP contribution in [0.15, 0.2) is 24.3 Å². The summed E-state index contributed by atoms with van der Waals surface area (Å²) in [6.07, 6.45) is 1.91. The van der Waals surface area contributed by atoms with E-state index in [4.69, 9.17) is 16.7 Å². The fourth-order valence-electron chi connectivity index (χ4n) is 1.78. The summed E-state index contributed by atoms with van der Waals surface area (Å²) in [6, 6.07) is 7.56. The van der Waals surface area contributed by atoms with Crippen molar-refractivity contribution in [3.8, 4) is 0 Å². The lowest BCUT2D eigenvalue weighted by Crippen LogP contribution is -2.30. The van der Waals surface area contributed by atoms with Crippen LogP contribution in [0.1, 0.15) is 31.7 Å². The predicted molar refractivity (Wildman–Crippen MR) is 73.5 cm³/mol. The van der Waals surface area contributed by atoms with Gasteiger partial charge in [0, 0.05) is 31.1 Å². The maximum Gasteiger partial charge on any atom is 0.222 e. The van der Waals surface area contributed by atoms with Crippen LogP contribution < -0.4 is 0 Å². The van der Waals surface area contributed by atoms with Gasteiger partial charge < -0.3 is 10.0 Å². The van der Waals surface area contributed by atoms with Crippen LogP contribution in [-0.2, 0) is 11.3 Å². The van der Waals surface area contributed by atoms with Crippen molar-refractivity contribution in [2.45, 2.75) is 32.7 Å². The first kappa shape index (κ1) is 15.0. The second kappa shape index (κ2) is 8.11. The van der Waals surface area contributed by atoms with E-state index in [1.165, 1.54) is 0 Å². The van der Waals surface area contributed by atoms with Crippen LogP contribution in [0.4, 0.5) is 0 Å².